The Hall–Kier alpha value is -2.67. The van der Waals surface area contributed by atoms with E-state index < -0.39 is 0 Å². The molecule has 0 radical (unpaired) electrons. The Morgan fingerprint density at radius 2 is 1.67 bits per heavy atom. The minimum absolute atomic E-state index is 0.0665. The number of hydrogen-bond donors (Lipinski definition) is 0. The first-order valence-electron chi connectivity index (χ1n) is 8.63. The molecule has 4 aromatic rings. The number of benzene rings is 3. The molecule has 1 nitrogen and oxygen atoms in total. The Morgan fingerprint density at radius 1 is 0.875 bits per heavy atom. The molecule has 0 amide bonds. The first-order valence-corrected chi connectivity index (χ1v) is 8.63. The van der Waals surface area contributed by atoms with Gasteiger partial charge < -0.3 is 0 Å². The van der Waals surface area contributed by atoms with Crippen LogP contribution in [0.1, 0.15) is 30.5 Å². The van der Waals surface area contributed by atoms with E-state index in [1.807, 2.05) is 0 Å². The van der Waals surface area contributed by atoms with Crippen molar-refractivity contribution in [1.82, 2.24) is 0 Å². The number of nitrogens with zero attached hydrogens (tertiary/aromatic N) is 1. The standard InChI is InChI=1S/C23H18N/c1-13-12-14-9-10-18-21-19(14)22-16(7-5-11-24(13)22)15-6-4-8-17(20(15)21)23(18,2)3/h4-11H,1,12H2,2-3H3/q+1. The molecular formula is C23H18N+. The summed E-state index contributed by atoms with van der Waals surface area (Å²) in [6, 6.07) is 15.9. The molecule has 6 rings (SSSR count). The van der Waals surface area contributed by atoms with E-state index in [9.17, 15) is 0 Å². The molecule has 0 bridgehead atoms. The van der Waals surface area contributed by atoms with Crippen molar-refractivity contribution in [2.75, 3.05) is 0 Å². The molecular weight excluding hydrogens is 290 g/mol. The van der Waals surface area contributed by atoms with Gasteiger partial charge in [0.2, 0.25) is 5.52 Å². The molecule has 1 aliphatic carbocycles. The Labute approximate surface area is 140 Å². The fourth-order valence-corrected chi connectivity index (χ4v) is 5.11. The van der Waals surface area contributed by atoms with Crippen molar-refractivity contribution in [3.05, 3.63) is 71.9 Å². The van der Waals surface area contributed by atoms with Crippen molar-refractivity contribution in [1.29, 1.82) is 0 Å². The van der Waals surface area contributed by atoms with Gasteiger partial charge in [-0.05, 0) is 40.1 Å². The second kappa shape index (κ2) is 3.70. The summed E-state index contributed by atoms with van der Waals surface area (Å²) in [5.41, 5.74) is 6.92. The third kappa shape index (κ3) is 1.18. The van der Waals surface area contributed by atoms with Crippen LogP contribution in [0.2, 0.25) is 0 Å². The van der Waals surface area contributed by atoms with Crippen LogP contribution in [0.3, 0.4) is 0 Å². The van der Waals surface area contributed by atoms with Crippen LogP contribution in [-0.4, -0.2) is 0 Å². The van der Waals surface area contributed by atoms with Gasteiger partial charge in [0.15, 0.2) is 11.9 Å². The topological polar surface area (TPSA) is 3.88 Å². The van der Waals surface area contributed by atoms with Crippen LogP contribution >= 0.6 is 0 Å². The number of fused-ring (bicyclic) bond motifs is 1. The minimum atomic E-state index is 0.0665. The average Bonchev–Trinajstić information content (AvgIpc) is 2.82. The summed E-state index contributed by atoms with van der Waals surface area (Å²) in [5, 5.41) is 7.11. The molecule has 0 saturated heterocycles. The third-order valence-electron chi connectivity index (χ3n) is 6.21. The normalized spacial score (nSPS) is 17.0. The van der Waals surface area contributed by atoms with Crippen LogP contribution < -0.4 is 4.57 Å². The van der Waals surface area contributed by atoms with Gasteiger partial charge in [0, 0.05) is 16.9 Å². The zero-order valence-electron chi connectivity index (χ0n) is 14.0. The van der Waals surface area contributed by atoms with Crippen molar-refractivity contribution in [3.8, 4) is 0 Å². The zero-order valence-corrected chi connectivity index (χ0v) is 14.0. The third-order valence-corrected chi connectivity index (χ3v) is 6.21. The van der Waals surface area contributed by atoms with Crippen LogP contribution in [-0.2, 0) is 11.8 Å². The van der Waals surface area contributed by atoms with E-state index in [-0.39, 0.29) is 5.41 Å². The maximum atomic E-state index is 4.33. The highest BCUT2D eigenvalue weighted by atomic mass is 15.0. The highest BCUT2D eigenvalue weighted by molar-refractivity contribution is 6.28. The lowest BCUT2D eigenvalue weighted by molar-refractivity contribution is -0.553. The summed E-state index contributed by atoms with van der Waals surface area (Å²) in [4.78, 5) is 0. The molecule has 114 valence electrons. The van der Waals surface area contributed by atoms with Crippen molar-refractivity contribution in [2.24, 2.45) is 0 Å². The van der Waals surface area contributed by atoms with Crippen molar-refractivity contribution in [3.63, 3.8) is 0 Å². The lowest BCUT2D eigenvalue weighted by Crippen LogP contribution is -2.35. The predicted octanol–water partition coefficient (Wildman–Crippen LogP) is 5.10. The largest absolute Gasteiger partial charge is 0.226 e. The molecule has 24 heavy (non-hydrogen) atoms. The second-order valence-electron chi connectivity index (χ2n) is 7.76. The number of allylic oxidation sites excluding steroid dienone is 1. The number of aromatic nitrogens is 1. The van der Waals surface area contributed by atoms with Crippen LogP contribution in [0.5, 0.6) is 0 Å². The summed E-state index contributed by atoms with van der Waals surface area (Å²) in [5.74, 6) is 0. The maximum absolute atomic E-state index is 4.33. The van der Waals surface area contributed by atoms with Crippen LogP contribution in [0, 0.1) is 0 Å². The second-order valence-corrected chi connectivity index (χ2v) is 7.76. The highest BCUT2D eigenvalue weighted by Gasteiger charge is 2.38. The van der Waals surface area contributed by atoms with Crippen LogP contribution in [0.4, 0.5) is 0 Å². The molecule has 1 aromatic heterocycles. The molecule has 0 unspecified atom stereocenters. The quantitative estimate of drug-likeness (QED) is 0.314. The van der Waals surface area contributed by atoms with E-state index in [1.54, 1.807) is 0 Å². The van der Waals surface area contributed by atoms with Crippen molar-refractivity contribution in [2.45, 2.75) is 25.7 Å². The first kappa shape index (κ1) is 12.7. The molecule has 1 aliphatic heterocycles. The monoisotopic (exact) mass is 308 g/mol. The van der Waals surface area contributed by atoms with E-state index in [0.29, 0.717) is 0 Å². The molecule has 3 aromatic carbocycles. The number of rotatable bonds is 0. The Bertz CT molecular complexity index is 1260. The van der Waals surface area contributed by atoms with Gasteiger partial charge >= 0.3 is 0 Å². The lowest BCUT2D eigenvalue weighted by atomic mass is 9.81. The lowest BCUT2D eigenvalue weighted by Gasteiger charge is -2.22. The Balaban J connectivity index is 2.10. The molecule has 0 fully saturated rings. The van der Waals surface area contributed by atoms with Crippen molar-refractivity contribution < 1.29 is 4.57 Å². The zero-order chi connectivity index (χ0) is 16.2. The summed E-state index contributed by atoms with van der Waals surface area (Å²) in [6.07, 6.45) is 3.10. The predicted molar refractivity (Wildman–Crippen MR) is 100 cm³/mol. The molecule has 2 aliphatic rings. The molecule has 0 atom stereocenters. The van der Waals surface area contributed by atoms with Gasteiger partial charge in [-0.3, -0.25) is 0 Å². The fourth-order valence-electron chi connectivity index (χ4n) is 5.11. The molecule has 0 saturated carbocycles. The highest BCUT2D eigenvalue weighted by Crippen LogP contribution is 2.52. The van der Waals surface area contributed by atoms with Gasteiger partial charge in [-0.1, -0.05) is 44.2 Å². The number of hydrogen-bond acceptors (Lipinski definition) is 0. The summed E-state index contributed by atoms with van der Waals surface area (Å²) < 4.78 is 2.30. The van der Waals surface area contributed by atoms with Gasteiger partial charge in [-0.15, -0.1) is 0 Å². The van der Waals surface area contributed by atoms with Crippen molar-refractivity contribution >= 4 is 38.1 Å². The number of pyridine rings is 1. The van der Waals surface area contributed by atoms with E-state index in [2.05, 4.69) is 73.7 Å². The van der Waals surface area contributed by atoms with Gasteiger partial charge in [-0.2, -0.15) is 4.57 Å². The van der Waals surface area contributed by atoms with Gasteiger partial charge in [-0.25, -0.2) is 0 Å². The Kier molecular flexibility index (Phi) is 1.96. The van der Waals surface area contributed by atoms with E-state index in [0.717, 1.165) is 12.1 Å². The summed E-state index contributed by atoms with van der Waals surface area (Å²) in [6.45, 7) is 9.05. The average molecular weight is 308 g/mol. The fraction of sp³-hybridized carbons (Fsp3) is 0.174. The van der Waals surface area contributed by atoms with E-state index in [4.69, 9.17) is 0 Å². The van der Waals surface area contributed by atoms with Crippen LogP contribution in [0.25, 0.3) is 38.1 Å². The van der Waals surface area contributed by atoms with E-state index in [1.165, 1.54) is 49.1 Å². The smallest absolute Gasteiger partial charge is 0.164 e. The first-order chi connectivity index (χ1) is 11.6. The van der Waals surface area contributed by atoms with Gasteiger partial charge in [0.25, 0.3) is 0 Å². The molecule has 0 spiro atoms. The summed E-state index contributed by atoms with van der Waals surface area (Å²) >= 11 is 0. The molecule has 2 heterocycles. The van der Waals surface area contributed by atoms with Gasteiger partial charge in [0.05, 0.1) is 17.2 Å². The molecule has 1 heteroatoms. The maximum Gasteiger partial charge on any atom is 0.226 e. The molecule has 0 N–H and O–H groups in total. The van der Waals surface area contributed by atoms with E-state index >= 15 is 0 Å². The summed E-state index contributed by atoms with van der Waals surface area (Å²) in [7, 11) is 0. The Morgan fingerprint density at radius 3 is 2.54 bits per heavy atom. The van der Waals surface area contributed by atoms with Gasteiger partial charge in [0.1, 0.15) is 0 Å². The minimum Gasteiger partial charge on any atom is -0.164 e. The van der Waals surface area contributed by atoms with Crippen LogP contribution in [0.15, 0.2) is 55.2 Å². The SMILES string of the molecule is C=C1Cc2ccc3c4c5c(cccc5c5ccc[n+]1c5c24)C3(C)C.